The van der Waals surface area contributed by atoms with Crippen molar-refractivity contribution < 1.29 is 14.3 Å². The smallest absolute Gasteiger partial charge is 0.321 e. The van der Waals surface area contributed by atoms with Crippen LogP contribution in [0.4, 0.5) is 10.5 Å². The Labute approximate surface area is 152 Å². The summed E-state index contributed by atoms with van der Waals surface area (Å²) in [5.74, 6) is 0.687. The zero-order valence-corrected chi connectivity index (χ0v) is 14.9. The number of carbonyl (C=O) groups is 2. The molecule has 0 bridgehead atoms. The molecule has 1 N–H and O–H groups in total. The molecule has 1 aliphatic heterocycles. The minimum atomic E-state index is -0.160. The van der Waals surface area contributed by atoms with Crippen LogP contribution in [0.15, 0.2) is 42.6 Å². The van der Waals surface area contributed by atoms with Crippen molar-refractivity contribution in [2.24, 2.45) is 0 Å². The quantitative estimate of drug-likeness (QED) is 0.918. The molecule has 1 aromatic carbocycles. The summed E-state index contributed by atoms with van der Waals surface area (Å²) in [6.07, 6.45) is 1.66. The van der Waals surface area contributed by atoms with Gasteiger partial charge in [-0.2, -0.15) is 0 Å². The number of pyridine rings is 1. The van der Waals surface area contributed by atoms with Crippen LogP contribution < -0.4 is 10.1 Å². The number of piperazine rings is 1. The average Bonchev–Trinajstić information content (AvgIpc) is 2.67. The number of benzene rings is 1. The number of rotatable bonds is 3. The van der Waals surface area contributed by atoms with Crippen molar-refractivity contribution in [3.63, 3.8) is 0 Å². The Balaban J connectivity index is 1.54. The molecule has 0 saturated carbocycles. The molecule has 0 spiro atoms. The number of ether oxygens (including phenoxy) is 1. The van der Waals surface area contributed by atoms with Gasteiger partial charge in [0, 0.05) is 49.3 Å². The highest BCUT2D eigenvalue weighted by molar-refractivity contribution is 5.95. The molecular weight excluding hydrogens is 332 g/mol. The minimum Gasteiger partial charge on any atom is -0.497 e. The Hall–Kier alpha value is -3.09. The third-order valence-electron chi connectivity index (χ3n) is 4.34. The van der Waals surface area contributed by atoms with Crippen LogP contribution in [0.2, 0.25) is 0 Å². The van der Waals surface area contributed by atoms with Crippen molar-refractivity contribution in [3.05, 3.63) is 53.9 Å². The van der Waals surface area contributed by atoms with Crippen LogP contribution in [0.25, 0.3) is 0 Å². The molecule has 0 radical (unpaired) electrons. The number of urea groups is 1. The van der Waals surface area contributed by atoms with Gasteiger partial charge in [-0.25, -0.2) is 4.79 Å². The molecule has 1 saturated heterocycles. The van der Waals surface area contributed by atoms with E-state index in [2.05, 4.69) is 10.3 Å². The van der Waals surface area contributed by atoms with Crippen molar-refractivity contribution in [2.75, 3.05) is 38.6 Å². The van der Waals surface area contributed by atoms with E-state index in [0.29, 0.717) is 31.7 Å². The van der Waals surface area contributed by atoms with E-state index in [1.807, 2.05) is 13.0 Å². The molecule has 1 fully saturated rings. The lowest BCUT2D eigenvalue weighted by Gasteiger charge is -2.34. The van der Waals surface area contributed by atoms with Crippen LogP contribution in [-0.2, 0) is 0 Å². The predicted molar refractivity (Wildman–Crippen MR) is 98.5 cm³/mol. The normalized spacial score (nSPS) is 14.1. The van der Waals surface area contributed by atoms with Crippen LogP contribution >= 0.6 is 0 Å². The molecule has 136 valence electrons. The Morgan fingerprint density at radius 2 is 1.69 bits per heavy atom. The topological polar surface area (TPSA) is 74.8 Å². The van der Waals surface area contributed by atoms with Crippen LogP contribution in [0.1, 0.15) is 16.1 Å². The second-order valence-electron chi connectivity index (χ2n) is 6.12. The summed E-state index contributed by atoms with van der Waals surface area (Å²) in [4.78, 5) is 32.5. The van der Waals surface area contributed by atoms with Gasteiger partial charge in [0.15, 0.2) is 0 Å². The summed E-state index contributed by atoms with van der Waals surface area (Å²) in [6, 6.07) is 10.5. The van der Waals surface area contributed by atoms with Gasteiger partial charge < -0.3 is 19.9 Å². The van der Waals surface area contributed by atoms with E-state index >= 15 is 0 Å². The molecule has 3 amide bonds. The molecule has 0 aliphatic carbocycles. The number of carbonyl (C=O) groups excluding carboxylic acids is 2. The van der Waals surface area contributed by atoms with Crippen molar-refractivity contribution in [2.45, 2.75) is 6.92 Å². The predicted octanol–water partition coefficient (Wildman–Crippen LogP) is 2.39. The van der Waals surface area contributed by atoms with Gasteiger partial charge in [0.2, 0.25) is 0 Å². The number of nitrogens with zero attached hydrogens (tertiary/aromatic N) is 3. The van der Waals surface area contributed by atoms with Crippen molar-refractivity contribution in [1.82, 2.24) is 14.8 Å². The summed E-state index contributed by atoms with van der Waals surface area (Å²) in [5, 5.41) is 2.87. The van der Waals surface area contributed by atoms with Crippen LogP contribution in [0, 0.1) is 6.92 Å². The highest BCUT2D eigenvalue weighted by atomic mass is 16.5. The molecule has 0 atom stereocenters. The number of aromatic nitrogens is 1. The molecule has 7 heteroatoms. The Kier molecular flexibility index (Phi) is 5.36. The lowest BCUT2D eigenvalue weighted by Crippen LogP contribution is -2.51. The second kappa shape index (κ2) is 7.86. The standard InChI is InChI=1S/C19H22N4O3/c1-14-13-16(7-8-20-14)21-19(25)23-11-9-22(10-12-23)18(24)15-3-5-17(26-2)6-4-15/h3-8,13H,9-12H2,1-2H3,(H,20,21,25). The SMILES string of the molecule is COc1ccc(C(=O)N2CCN(C(=O)Nc3ccnc(C)c3)CC2)cc1. The maximum absolute atomic E-state index is 12.6. The molecule has 3 rings (SSSR count). The molecule has 1 aromatic heterocycles. The lowest BCUT2D eigenvalue weighted by molar-refractivity contribution is 0.0671. The first-order chi connectivity index (χ1) is 12.6. The number of hydrogen-bond donors (Lipinski definition) is 1. The molecule has 26 heavy (non-hydrogen) atoms. The fourth-order valence-electron chi connectivity index (χ4n) is 2.85. The molecule has 0 unspecified atom stereocenters. The highest BCUT2D eigenvalue weighted by Gasteiger charge is 2.25. The van der Waals surface area contributed by atoms with Gasteiger partial charge in [0.1, 0.15) is 5.75 Å². The highest BCUT2D eigenvalue weighted by Crippen LogP contribution is 2.15. The van der Waals surface area contributed by atoms with Crippen molar-refractivity contribution in [1.29, 1.82) is 0 Å². The molecular formula is C19H22N4O3. The summed E-state index contributed by atoms with van der Waals surface area (Å²) in [6.45, 7) is 3.89. The molecule has 1 aliphatic rings. The van der Waals surface area contributed by atoms with Gasteiger partial charge in [-0.3, -0.25) is 9.78 Å². The number of anilines is 1. The van der Waals surface area contributed by atoms with E-state index in [1.54, 1.807) is 53.4 Å². The fourth-order valence-corrected chi connectivity index (χ4v) is 2.85. The van der Waals surface area contributed by atoms with Crippen molar-refractivity contribution >= 4 is 17.6 Å². The number of nitrogens with one attached hydrogen (secondary N) is 1. The van der Waals surface area contributed by atoms with Gasteiger partial charge in [0.05, 0.1) is 7.11 Å². The number of methoxy groups -OCH3 is 1. The third-order valence-corrected chi connectivity index (χ3v) is 4.34. The first-order valence-corrected chi connectivity index (χ1v) is 8.49. The summed E-state index contributed by atoms with van der Waals surface area (Å²) in [7, 11) is 1.59. The van der Waals surface area contributed by atoms with Crippen LogP contribution in [-0.4, -0.2) is 60.0 Å². The van der Waals surface area contributed by atoms with Gasteiger partial charge in [-0.1, -0.05) is 0 Å². The van der Waals surface area contributed by atoms with E-state index in [9.17, 15) is 9.59 Å². The van der Waals surface area contributed by atoms with Gasteiger partial charge >= 0.3 is 6.03 Å². The minimum absolute atomic E-state index is 0.0301. The average molecular weight is 354 g/mol. The largest absolute Gasteiger partial charge is 0.497 e. The first-order valence-electron chi connectivity index (χ1n) is 8.49. The van der Waals surface area contributed by atoms with Gasteiger partial charge in [0.25, 0.3) is 5.91 Å². The summed E-state index contributed by atoms with van der Waals surface area (Å²) < 4.78 is 5.11. The Morgan fingerprint density at radius 1 is 1.04 bits per heavy atom. The molecule has 2 heterocycles. The van der Waals surface area contributed by atoms with E-state index < -0.39 is 0 Å². The lowest BCUT2D eigenvalue weighted by atomic mass is 10.1. The number of hydrogen-bond acceptors (Lipinski definition) is 4. The second-order valence-corrected chi connectivity index (χ2v) is 6.12. The zero-order chi connectivity index (χ0) is 18.5. The van der Waals surface area contributed by atoms with Crippen LogP contribution in [0.5, 0.6) is 5.75 Å². The third kappa shape index (κ3) is 4.11. The fraction of sp³-hybridized carbons (Fsp3) is 0.316. The zero-order valence-electron chi connectivity index (χ0n) is 14.9. The van der Waals surface area contributed by atoms with Crippen molar-refractivity contribution in [3.8, 4) is 5.75 Å². The Morgan fingerprint density at radius 3 is 2.31 bits per heavy atom. The maximum Gasteiger partial charge on any atom is 0.321 e. The molecule has 7 nitrogen and oxygen atoms in total. The summed E-state index contributed by atoms with van der Waals surface area (Å²) in [5.41, 5.74) is 2.19. The number of aryl methyl sites for hydroxylation is 1. The summed E-state index contributed by atoms with van der Waals surface area (Å²) >= 11 is 0. The van der Waals surface area contributed by atoms with Crippen LogP contribution in [0.3, 0.4) is 0 Å². The first kappa shape index (κ1) is 17.7. The number of amides is 3. The van der Waals surface area contributed by atoms with E-state index in [0.717, 1.165) is 17.1 Å². The van der Waals surface area contributed by atoms with Gasteiger partial charge in [-0.05, 0) is 43.3 Å². The van der Waals surface area contributed by atoms with E-state index in [-0.39, 0.29) is 11.9 Å². The molecule has 2 aromatic rings. The van der Waals surface area contributed by atoms with E-state index in [1.165, 1.54) is 0 Å². The monoisotopic (exact) mass is 354 g/mol. The van der Waals surface area contributed by atoms with Gasteiger partial charge in [-0.15, -0.1) is 0 Å². The maximum atomic E-state index is 12.6. The van der Waals surface area contributed by atoms with E-state index in [4.69, 9.17) is 4.74 Å². The Bertz CT molecular complexity index is 784.